The second-order valence-corrected chi connectivity index (χ2v) is 35.6. The Morgan fingerprint density at radius 3 is 0.500 bits per heavy atom. The molecule has 0 radical (unpaired) electrons. The highest BCUT2D eigenvalue weighted by Gasteiger charge is 2.72. The number of hydrogen-bond donors (Lipinski definition) is 0. The zero-order valence-electron chi connectivity index (χ0n) is 80.1. The van der Waals surface area contributed by atoms with E-state index in [0.717, 1.165) is 146 Å². The van der Waals surface area contributed by atoms with Crippen molar-refractivity contribution in [2.75, 3.05) is 0 Å². The van der Waals surface area contributed by atoms with E-state index in [1.54, 1.807) is 24.3 Å². The molecule has 16 rings (SSSR count). The van der Waals surface area contributed by atoms with Crippen LogP contribution in [0.4, 0.5) is 26.3 Å². The molecule has 0 atom stereocenters. The fourth-order valence-corrected chi connectivity index (χ4v) is 15.3. The Morgan fingerprint density at radius 2 is 0.338 bits per heavy atom. The molecule has 136 heavy (non-hydrogen) atoms. The Kier molecular flexibility index (Phi) is 32.6. The molecule has 16 aromatic carbocycles. The van der Waals surface area contributed by atoms with Crippen LogP contribution in [0.25, 0.3) is 0 Å². The van der Waals surface area contributed by atoms with E-state index in [9.17, 15) is 26.3 Å². The smallest absolute Gasteiger partial charge is 0.411 e. The van der Waals surface area contributed by atoms with E-state index in [0.29, 0.717) is 11.5 Å². The van der Waals surface area contributed by atoms with Crippen molar-refractivity contribution in [2.24, 2.45) is 0 Å². The highest BCUT2D eigenvalue weighted by atomic mass is 19.4. The summed E-state index contributed by atoms with van der Waals surface area (Å²) in [6.45, 7) is 39.5. The van der Waals surface area contributed by atoms with Gasteiger partial charge >= 0.3 is 12.4 Å². The maximum Gasteiger partial charge on any atom is 0.411 e. The van der Waals surface area contributed by atoms with Crippen LogP contribution in [0.1, 0.15) is 168 Å². The summed E-state index contributed by atoms with van der Waals surface area (Å²) in [7, 11) is 0. The highest BCUT2D eigenvalue weighted by Crippen LogP contribution is 2.57. The lowest BCUT2D eigenvalue weighted by molar-refractivity contribution is -0.288. The van der Waals surface area contributed by atoms with Gasteiger partial charge in [-0.25, -0.2) is 0 Å². The number of rotatable bonds is 24. The minimum atomic E-state index is -5.70. The fourth-order valence-electron chi connectivity index (χ4n) is 15.3. The molecule has 0 spiro atoms. The van der Waals surface area contributed by atoms with E-state index < -0.39 is 28.9 Å². The Hall–Kier alpha value is -14.5. The summed E-state index contributed by atoms with van der Waals surface area (Å²) in [6.07, 6.45) is -10.5. The molecular weight excluding hydrogens is 1710 g/mol. The van der Waals surface area contributed by atoms with Gasteiger partial charge in [0.25, 0.3) is 0 Å². The minimum Gasteiger partial charge on any atom is -0.457 e. The van der Waals surface area contributed by atoms with Crippen LogP contribution in [-0.4, -0.2) is 12.4 Å². The number of benzene rings is 16. The van der Waals surface area contributed by atoms with E-state index in [4.69, 9.17) is 37.9 Å². The van der Waals surface area contributed by atoms with Crippen molar-refractivity contribution in [3.63, 3.8) is 0 Å². The number of aryl methyl sites for hydroxylation is 16. The molecule has 0 heterocycles. The van der Waals surface area contributed by atoms with Gasteiger partial charge in [-0.2, -0.15) is 26.3 Å². The molecular formula is C122H120F6O8. The molecule has 0 aliphatic heterocycles. The van der Waals surface area contributed by atoms with Gasteiger partial charge in [-0.15, -0.1) is 0 Å². The molecule has 0 saturated carbocycles. The van der Waals surface area contributed by atoms with Crippen molar-refractivity contribution in [3.8, 4) is 92.0 Å². The van der Waals surface area contributed by atoms with Crippen molar-refractivity contribution >= 4 is 0 Å². The molecule has 0 N–H and O–H groups in total. The molecule has 16 aromatic rings. The number of alkyl halides is 6. The molecule has 0 aromatic heterocycles. The van der Waals surface area contributed by atoms with Crippen LogP contribution in [0, 0.1) is 111 Å². The van der Waals surface area contributed by atoms with Crippen LogP contribution in [0.15, 0.2) is 340 Å². The molecule has 0 fully saturated rings. The molecule has 0 aliphatic carbocycles. The quantitative estimate of drug-likeness (QED) is 0.0554. The third-order valence-corrected chi connectivity index (χ3v) is 25.3. The lowest BCUT2D eigenvalue weighted by Crippen LogP contribution is -2.54. The van der Waals surface area contributed by atoms with Crippen molar-refractivity contribution in [2.45, 2.75) is 174 Å². The van der Waals surface area contributed by atoms with Gasteiger partial charge in [0.15, 0.2) is 0 Å². The molecule has 0 saturated heterocycles. The fraction of sp³-hybridized carbons (Fsp3) is 0.213. The SMILES string of the molecule is C.Cc1ccc(Oc2ccc(C(C)(C)c3ccc(Oc4ccc(C)c(C)c4)cc3)cc2)cc1C.Cc1ccc(Oc2ccc(C(C)c3ccc(Oc4ccc(C)c(C)c4)cc3)cc2)cc1C.Cc1ccc(Oc2ccc(C(c3ccc(Oc4ccc(C)c(C)c4)cc3)(C(F)(F)F)C(F)(F)F)cc2)cc1C.Cc1ccc(Oc2ccc(Cc3ccc(Oc4ccc(C)c(C)c4)cc3)cc2)cc1C. The normalized spacial score (nSPS) is 11.3. The van der Waals surface area contributed by atoms with Gasteiger partial charge in [0, 0.05) is 11.3 Å². The summed E-state index contributed by atoms with van der Waals surface area (Å²) in [5, 5.41) is 0. The van der Waals surface area contributed by atoms with Gasteiger partial charge in [0.1, 0.15) is 92.0 Å². The average molecular weight is 1830 g/mol. The van der Waals surface area contributed by atoms with Gasteiger partial charge in [-0.1, -0.05) is 174 Å². The Balaban J connectivity index is 0.000000163. The first-order chi connectivity index (χ1) is 64.3. The molecule has 0 amide bonds. The van der Waals surface area contributed by atoms with Crippen LogP contribution in [0.5, 0.6) is 92.0 Å². The molecule has 14 heteroatoms. The zero-order valence-corrected chi connectivity index (χ0v) is 80.1. The van der Waals surface area contributed by atoms with E-state index in [1.165, 1.54) is 100 Å². The largest absolute Gasteiger partial charge is 0.457 e. The minimum absolute atomic E-state index is 0. The van der Waals surface area contributed by atoms with Crippen LogP contribution >= 0.6 is 0 Å². The van der Waals surface area contributed by atoms with Gasteiger partial charge in [0.05, 0.1) is 0 Å². The lowest BCUT2D eigenvalue weighted by atomic mass is 9.73. The first kappa shape index (κ1) is 100. The Labute approximate surface area is 799 Å². The van der Waals surface area contributed by atoms with E-state index in [1.807, 2.05) is 149 Å². The van der Waals surface area contributed by atoms with Gasteiger partial charge in [-0.3, -0.25) is 0 Å². The maximum absolute atomic E-state index is 14.5. The van der Waals surface area contributed by atoms with Gasteiger partial charge < -0.3 is 37.9 Å². The monoisotopic (exact) mass is 1830 g/mol. The summed E-state index contributed by atoms with van der Waals surface area (Å²) >= 11 is 0. The van der Waals surface area contributed by atoms with Crippen LogP contribution < -0.4 is 37.9 Å². The predicted octanol–water partition coefficient (Wildman–Crippen LogP) is 36.1. The third kappa shape index (κ3) is 25.7. The Bertz CT molecular complexity index is 6320. The van der Waals surface area contributed by atoms with Gasteiger partial charge in [-0.05, 0) is 445 Å². The summed E-state index contributed by atoms with van der Waals surface area (Å²) in [5.41, 5.74) is 20.0. The van der Waals surface area contributed by atoms with Crippen molar-refractivity contribution in [1.82, 2.24) is 0 Å². The molecule has 698 valence electrons. The summed E-state index contributed by atoms with van der Waals surface area (Å²) < 4.78 is 135. The number of hydrogen-bond acceptors (Lipinski definition) is 8. The molecule has 0 unspecified atom stereocenters. The second kappa shape index (κ2) is 44.1. The van der Waals surface area contributed by atoms with Crippen molar-refractivity contribution in [3.05, 3.63) is 473 Å². The first-order valence-electron chi connectivity index (χ1n) is 45.2. The Morgan fingerprint density at radius 1 is 0.191 bits per heavy atom. The third-order valence-electron chi connectivity index (χ3n) is 25.3. The number of halogens is 6. The van der Waals surface area contributed by atoms with Crippen molar-refractivity contribution < 1.29 is 64.2 Å². The highest BCUT2D eigenvalue weighted by molar-refractivity contribution is 5.53. The van der Waals surface area contributed by atoms with E-state index >= 15 is 0 Å². The standard InChI is InChI=1S/C31H26F6O2.C31H32O2.C30H30O2.C29H28O2.CH4/c1-19-5-11-27(17-21(19)3)38-25-13-7-23(8-14-25)29(30(32,33)34,31(35,36)37)24-9-15-26(16-10-24)39-28-12-6-20(2)22(4)18-28;1-21-7-13-29(19-23(21)3)32-27-15-9-25(10-16-27)31(5,6)26-11-17-28(18-12-26)33-30-14-8-22(2)24(4)20-30;1-20-6-12-29(18-22(20)3)31-27-14-8-25(9-15-27)24(5)26-10-16-28(17-11-26)32-30-13-7-21(2)23(4)19-30;1-20-5-11-28(17-22(20)3)30-26-13-7-24(8-14-26)19-25-9-15-27(16-10-25)31-29-12-6-21(2)23(4)18-29;/h5-18H,1-4H3;7-20H,1-6H3;6-19,24H,1-5H3;5-18H,19H2,1-4H3;1H4. The van der Waals surface area contributed by atoms with Crippen LogP contribution in [-0.2, 0) is 17.3 Å². The van der Waals surface area contributed by atoms with Crippen LogP contribution in [0.3, 0.4) is 0 Å². The predicted molar refractivity (Wildman–Crippen MR) is 542 cm³/mol. The van der Waals surface area contributed by atoms with Gasteiger partial charge in [0.2, 0.25) is 5.41 Å². The molecule has 0 aliphatic rings. The molecule has 8 nitrogen and oxygen atoms in total. The van der Waals surface area contributed by atoms with E-state index in [2.05, 4.69) is 249 Å². The summed E-state index contributed by atoms with van der Waals surface area (Å²) in [5.74, 6) is 11.6. The summed E-state index contributed by atoms with van der Waals surface area (Å²) in [6, 6.07) is 105. The van der Waals surface area contributed by atoms with E-state index in [-0.39, 0.29) is 30.3 Å². The topological polar surface area (TPSA) is 73.8 Å². The first-order valence-corrected chi connectivity index (χ1v) is 45.2. The zero-order chi connectivity index (χ0) is 96.6. The number of ether oxygens (including phenoxy) is 8. The average Bonchev–Trinajstić information content (AvgIpc) is 0.714. The van der Waals surface area contributed by atoms with Crippen LogP contribution in [0.2, 0.25) is 0 Å². The van der Waals surface area contributed by atoms with Crippen molar-refractivity contribution in [1.29, 1.82) is 0 Å². The summed E-state index contributed by atoms with van der Waals surface area (Å²) in [4.78, 5) is 0. The lowest BCUT2D eigenvalue weighted by Gasteiger charge is -2.38. The maximum atomic E-state index is 14.5. The molecule has 0 bridgehead atoms. The second-order valence-electron chi connectivity index (χ2n) is 35.6.